The first-order chi connectivity index (χ1) is 8.27. The van der Waals surface area contributed by atoms with Gasteiger partial charge in [0.25, 0.3) is 0 Å². The normalized spacial score (nSPS) is 20.5. The molecule has 1 aliphatic heterocycles. The molecule has 1 saturated heterocycles. The van der Waals surface area contributed by atoms with Crippen LogP contribution in [0, 0.1) is 0 Å². The van der Waals surface area contributed by atoms with E-state index in [1.54, 1.807) is 0 Å². The Morgan fingerprint density at radius 3 is 3.00 bits per heavy atom. The van der Waals surface area contributed by atoms with Crippen LogP contribution in [0.5, 0.6) is 0 Å². The van der Waals surface area contributed by atoms with E-state index in [1.807, 2.05) is 0 Å². The molecule has 1 unspecified atom stereocenters. The van der Waals surface area contributed by atoms with Crippen molar-refractivity contribution in [1.82, 2.24) is 14.7 Å². The van der Waals surface area contributed by atoms with E-state index in [2.05, 4.69) is 48.0 Å². The third-order valence-electron chi connectivity index (χ3n) is 3.51. The van der Waals surface area contributed by atoms with E-state index in [-0.39, 0.29) is 0 Å². The summed E-state index contributed by atoms with van der Waals surface area (Å²) < 4.78 is 2.24. The molecular weight excluding hydrogens is 210 g/mol. The third-order valence-corrected chi connectivity index (χ3v) is 3.51. The van der Waals surface area contributed by atoms with Crippen molar-refractivity contribution in [3.63, 3.8) is 0 Å². The SMILES string of the molecule is CC(C)c1nc(C2CCCN2)c2ccccn12. The number of nitrogens with zero attached hydrogens (tertiary/aromatic N) is 2. The summed E-state index contributed by atoms with van der Waals surface area (Å²) in [6, 6.07) is 6.79. The lowest BCUT2D eigenvalue weighted by Gasteiger charge is -2.06. The van der Waals surface area contributed by atoms with Crippen molar-refractivity contribution in [2.45, 2.75) is 38.6 Å². The number of imidazole rings is 1. The van der Waals surface area contributed by atoms with Gasteiger partial charge in [0.05, 0.1) is 17.3 Å². The average molecular weight is 229 g/mol. The summed E-state index contributed by atoms with van der Waals surface area (Å²) in [5, 5.41) is 3.54. The molecule has 2 aromatic heterocycles. The van der Waals surface area contributed by atoms with E-state index in [0.717, 1.165) is 6.54 Å². The topological polar surface area (TPSA) is 29.3 Å². The number of fused-ring (bicyclic) bond motifs is 1. The molecule has 2 aromatic rings. The highest BCUT2D eigenvalue weighted by Crippen LogP contribution is 2.28. The lowest BCUT2D eigenvalue weighted by atomic mass is 10.1. The smallest absolute Gasteiger partial charge is 0.116 e. The van der Waals surface area contributed by atoms with Gasteiger partial charge in [-0.25, -0.2) is 4.98 Å². The van der Waals surface area contributed by atoms with Crippen molar-refractivity contribution in [2.75, 3.05) is 6.54 Å². The molecule has 0 amide bonds. The van der Waals surface area contributed by atoms with Crippen molar-refractivity contribution in [3.8, 4) is 0 Å². The number of hydrogen-bond acceptors (Lipinski definition) is 2. The highest BCUT2D eigenvalue weighted by molar-refractivity contribution is 5.55. The van der Waals surface area contributed by atoms with Crippen molar-refractivity contribution < 1.29 is 0 Å². The fourth-order valence-electron chi connectivity index (χ4n) is 2.67. The van der Waals surface area contributed by atoms with Gasteiger partial charge in [-0.1, -0.05) is 19.9 Å². The minimum Gasteiger partial charge on any atom is -0.309 e. The van der Waals surface area contributed by atoms with Crippen LogP contribution >= 0.6 is 0 Å². The Bertz CT molecular complexity index is 521. The van der Waals surface area contributed by atoms with Gasteiger partial charge in [0.15, 0.2) is 0 Å². The molecule has 3 nitrogen and oxygen atoms in total. The zero-order chi connectivity index (χ0) is 11.8. The molecule has 0 saturated carbocycles. The maximum absolute atomic E-state index is 4.87. The van der Waals surface area contributed by atoms with Gasteiger partial charge in [-0.05, 0) is 31.5 Å². The van der Waals surface area contributed by atoms with Gasteiger partial charge in [0, 0.05) is 12.1 Å². The van der Waals surface area contributed by atoms with E-state index >= 15 is 0 Å². The van der Waals surface area contributed by atoms with Crippen molar-refractivity contribution in [3.05, 3.63) is 35.9 Å². The fourth-order valence-corrected chi connectivity index (χ4v) is 2.67. The maximum atomic E-state index is 4.87. The molecular formula is C14H19N3. The monoisotopic (exact) mass is 229 g/mol. The summed E-state index contributed by atoms with van der Waals surface area (Å²) >= 11 is 0. The predicted molar refractivity (Wildman–Crippen MR) is 69.3 cm³/mol. The van der Waals surface area contributed by atoms with E-state index in [1.165, 1.54) is 29.9 Å². The quantitative estimate of drug-likeness (QED) is 0.858. The van der Waals surface area contributed by atoms with E-state index in [4.69, 9.17) is 4.98 Å². The number of aromatic nitrogens is 2. The maximum Gasteiger partial charge on any atom is 0.116 e. The van der Waals surface area contributed by atoms with Crippen molar-refractivity contribution >= 4 is 5.52 Å². The summed E-state index contributed by atoms with van der Waals surface area (Å²) in [5.74, 6) is 1.63. The van der Waals surface area contributed by atoms with Crippen molar-refractivity contribution in [2.24, 2.45) is 0 Å². The molecule has 0 spiro atoms. The van der Waals surface area contributed by atoms with Crippen LogP contribution in [0.1, 0.15) is 50.2 Å². The number of hydrogen-bond donors (Lipinski definition) is 1. The van der Waals surface area contributed by atoms with Gasteiger partial charge in [0.1, 0.15) is 5.82 Å². The van der Waals surface area contributed by atoms with Crippen LogP contribution < -0.4 is 5.32 Å². The lowest BCUT2D eigenvalue weighted by Crippen LogP contribution is -2.13. The Hall–Kier alpha value is -1.35. The van der Waals surface area contributed by atoms with Crippen LogP contribution in [0.15, 0.2) is 24.4 Å². The van der Waals surface area contributed by atoms with Crippen LogP contribution in [0.3, 0.4) is 0 Å². The van der Waals surface area contributed by atoms with Gasteiger partial charge < -0.3 is 9.72 Å². The minimum absolute atomic E-state index is 0.444. The molecule has 3 heterocycles. The molecule has 0 bridgehead atoms. The third kappa shape index (κ3) is 1.75. The highest BCUT2D eigenvalue weighted by Gasteiger charge is 2.23. The van der Waals surface area contributed by atoms with E-state index in [0.29, 0.717) is 12.0 Å². The highest BCUT2D eigenvalue weighted by atomic mass is 15.1. The van der Waals surface area contributed by atoms with Crippen LogP contribution in [-0.4, -0.2) is 15.9 Å². The molecule has 0 radical (unpaired) electrons. The Morgan fingerprint density at radius 1 is 1.41 bits per heavy atom. The van der Waals surface area contributed by atoms with E-state index < -0.39 is 0 Å². The first-order valence-electron chi connectivity index (χ1n) is 6.47. The number of nitrogens with one attached hydrogen (secondary N) is 1. The van der Waals surface area contributed by atoms with Crippen molar-refractivity contribution in [1.29, 1.82) is 0 Å². The summed E-state index contributed by atoms with van der Waals surface area (Å²) in [6.07, 6.45) is 4.59. The van der Waals surface area contributed by atoms with Gasteiger partial charge >= 0.3 is 0 Å². The zero-order valence-electron chi connectivity index (χ0n) is 10.5. The second kappa shape index (κ2) is 4.15. The Morgan fingerprint density at radius 2 is 2.29 bits per heavy atom. The summed E-state index contributed by atoms with van der Waals surface area (Å²) in [7, 11) is 0. The molecule has 1 N–H and O–H groups in total. The Balaban J connectivity index is 2.17. The molecule has 1 fully saturated rings. The van der Waals surface area contributed by atoms with Crippen LogP contribution in [0.2, 0.25) is 0 Å². The summed E-state index contributed by atoms with van der Waals surface area (Å²) in [6.45, 7) is 5.52. The first kappa shape index (κ1) is 10.8. The molecule has 17 heavy (non-hydrogen) atoms. The minimum atomic E-state index is 0.444. The van der Waals surface area contributed by atoms with Gasteiger partial charge in [-0.15, -0.1) is 0 Å². The van der Waals surface area contributed by atoms with E-state index in [9.17, 15) is 0 Å². The Kier molecular flexibility index (Phi) is 2.63. The fraction of sp³-hybridized carbons (Fsp3) is 0.500. The Labute approximate surface area is 102 Å². The molecule has 90 valence electrons. The second-order valence-corrected chi connectivity index (χ2v) is 5.11. The largest absolute Gasteiger partial charge is 0.309 e. The number of rotatable bonds is 2. The second-order valence-electron chi connectivity index (χ2n) is 5.11. The molecule has 3 heteroatoms. The van der Waals surface area contributed by atoms with Gasteiger partial charge in [-0.2, -0.15) is 0 Å². The molecule has 0 aromatic carbocycles. The lowest BCUT2D eigenvalue weighted by molar-refractivity contribution is 0.631. The standard InChI is InChI=1S/C14H19N3/c1-10(2)14-16-13(11-6-5-8-15-11)12-7-3-4-9-17(12)14/h3-4,7,9-11,15H,5-6,8H2,1-2H3. The predicted octanol–water partition coefficient (Wildman–Crippen LogP) is 2.88. The number of pyridine rings is 1. The molecule has 0 aliphatic carbocycles. The summed E-state index contributed by atoms with van der Waals surface area (Å²) in [5.41, 5.74) is 2.49. The summed E-state index contributed by atoms with van der Waals surface area (Å²) in [4.78, 5) is 4.87. The average Bonchev–Trinajstić information content (AvgIpc) is 2.95. The molecule has 1 aliphatic rings. The first-order valence-corrected chi connectivity index (χ1v) is 6.47. The molecule has 1 atom stereocenters. The van der Waals surface area contributed by atoms with Crippen LogP contribution in [0.25, 0.3) is 5.52 Å². The zero-order valence-corrected chi connectivity index (χ0v) is 10.5. The van der Waals surface area contributed by atoms with Crippen LogP contribution in [-0.2, 0) is 0 Å². The van der Waals surface area contributed by atoms with Gasteiger partial charge in [-0.3, -0.25) is 0 Å². The molecule has 3 rings (SSSR count). The van der Waals surface area contributed by atoms with Gasteiger partial charge in [0.2, 0.25) is 0 Å². The van der Waals surface area contributed by atoms with Crippen LogP contribution in [0.4, 0.5) is 0 Å².